The molecule has 0 radical (unpaired) electrons. The molecule has 148 valence electrons. The monoisotopic (exact) mass is 394 g/mol. The van der Waals surface area contributed by atoms with E-state index in [-0.39, 0.29) is 5.78 Å². The molecule has 2 aromatic heterocycles. The molecule has 0 amide bonds. The van der Waals surface area contributed by atoms with Gasteiger partial charge in [0.15, 0.2) is 5.78 Å². The molecule has 0 N–H and O–H groups in total. The summed E-state index contributed by atoms with van der Waals surface area (Å²) in [6.07, 6.45) is 1.96. The highest BCUT2D eigenvalue weighted by Gasteiger charge is 2.18. The van der Waals surface area contributed by atoms with Gasteiger partial charge >= 0.3 is 0 Å². The predicted molar refractivity (Wildman–Crippen MR) is 119 cm³/mol. The average Bonchev–Trinajstić information content (AvgIpc) is 3.27. The second-order valence-corrected chi connectivity index (χ2v) is 7.88. The van der Waals surface area contributed by atoms with Crippen molar-refractivity contribution in [3.05, 3.63) is 83.6 Å². The van der Waals surface area contributed by atoms with Crippen LogP contribution in [0, 0.1) is 11.3 Å². The number of nitriles is 1. The lowest BCUT2D eigenvalue weighted by Crippen LogP contribution is -2.44. The first-order chi connectivity index (χ1) is 14.6. The summed E-state index contributed by atoms with van der Waals surface area (Å²) in [7, 11) is 2.14. The number of hydrogen-bond donors (Lipinski definition) is 0. The third kappa shape index (κ3) is 3.12. The van der Waals surface area contributed by atoms with E-state index in [0.29, 0.717) is 16.7 Å². The molecule has 4 aromatic rings. The summed E-state index contributed by atoms with van der Waals surface area (Å²) in [5.41, 5.74) is 4.68. The van der Waals surface area contributed by atoms with Gasteiger partial charge in [-0.05, 0) is 61.6 Å². The highest BCUT2D eigenvalue weighted by atomic mass is 16.1. The van der Waals surface area contributed by atoms with Crippen molar-refractivity contribution in [3.8, 4) is 6.07 Å². The summed E-state index contributed by atoms with van der Waals surface area (Å²) in [4.78, 5) is 18.2. The lowest BCUT2D eigenvalue weighted by molar-refractivity contribution is 0.104. The molecule has 5 heteroatoms. The van der Waals surface area contributed by atoms with Crippen molar-refractivity contribution in [2.75, 3.05) is 38.1 Å². The Morgan fingerprint density at radius 1 is 0.967 bits per heavy atom. The van der Waals surface area contributed by atoms with E-state index in [0.717, 1.165) is 48.3 Å². The van der Waals surface area contributed by atoms with Gasteiger partial charge in [0.25, 0.3) is 0 Å². The van der Waals surface area contributed by atoms with Crippen LogP contribution in [0.4, 0.5) is 5.69 Å². The number of pyridine rings is 1. The van der Waals surface area contributed by atoms with Gasteiger partial charge in [-0.25, -0.2) is 0 Å². The van der Waals surface area contributed by atoms with E-state index in [9.17, 15) is 10.1 Å². The van der Waals surface area contributed by atoms with Gasteiger partial charge in [-0.15, -0.1) is 0 Å². The normalized spacial score (nSPS) is 14.9. The van der Waals surface area contributed by atoms with Crippen molar-refractivity contribution in [2.24, 2.45) is 0 Å². The fourth-order valence-electron chi connectivity index (χ4n) is 4.24. The molecule has 1 fully saturated rings. The molecule has 1 saturated heterocycles. The van der Waals surface area contributed by atoms with E-state index in [1.165, 1.54) is 0 Å². The van der Waals surface area contributed by atoms with Crippen LogP contribution in [0.2, 0.25) is 0 Å². The van der Waals surface area contributed by atoms with E-state index < -0.39 is 0 Å². The highest BCUT2D eigenvalue weighted by molar-refractivity contribution is 6.16. The fourth-order valence-corrected chi connectivity index (χ4v) is 4.24. The molecule has 1 aliphatic heterocycles. The topological polar surface area (TPSA) is 51.8 Å². The number of aromatic nitrogens is 1. The van der Waals surface area contributed by atoms with Crippen LogP contribution < -0.4 is 4.90 Å². The number of nitrogens with zero attached hydrogens (tertiary/aromatic N) is 4. The number of rotatable bonds is 3. The smallest absolute Gasteiger partial charge is 0.195 e. The van der Waals surface area contributed by atoms with Gasteiger partial charge in [0.2, 0.25) is 0 Å². The van der Waals surface area contributed by atoms with Crippen molar-refractivity contribution >= 4 is 27.9 Å². The second-order valence-electron chi connectivity index (χ2n) is 7.88. The number of likely N-dealkylation sites (N-methyl/N-ethyl adjacent to an activating group) is 1. The van der Waals surface area contributed by atoms with Gasteiger partial charge < -0.3 is 14.2 Å². The van der Waals surface area contributed by atoms with E-state index >= 15 is 0 Å². The molecule has 30 heavy (non-hydrogen) atoms. The average molecular weight is 394 g/mol. The molecular weight excluding hydrogens is 372 g/mol. The van der Waals surface area contributed by atoms with Crippen molar-refractivity contribution in [1.82, 2.24) is 9.30 Å². The van der Waals surface area contributed by atoms with Gasteiger partial charge in [-0.3, -0.25) is 4.79 Å². The van der Waals surface area contributed by atoms with Crippen LogP contribution in [0.1, 0.15) is 21.5 Å². The Hall–Kier alpha value is -3.62. The minimum absolute atomic E-state index is 0.0665. The van der Waals surface area contributed by atoms with E-state index in [4.69, 9.17) is 0 Å². The third-order valence-corrected chi connectivity index (χ3v) is 5.97. The summed E-state index contributed by atoms with van der Waals surface area (Å²) >= 11 is 0. The third-order valence-electron chi connectivity index (χ3n) is 5.97. The summed E-state index contributed by atoms with van der Waals surface area (Å²) in [6, 6.07) is 21.5. The van der Waals surface area contributed by atoms with Crippen LogP contribution in [-0.4, -0.2) is 48.3 Å². The molecule has 2 aromatic carbocycles. The van der Waals surface area contributed by atoms with Gasteiger partial charge in [-0.1, -0.05) is 6.07 Å². The zero-order chi connectivity index (χ0) is 20.7. The molecule has 5 nitrogen and oxygen atoms in total. The molecule has 0 spiro atoms. The van der Waals surface area contributed by atoms with Gasteiger partial charge in [0, 0.05) is 60.1 Å². The van der Waals surface area contributed by atoms with E-state index in [1.807, 2.05) is 65.2 Å². The number of carbonyl (C=O) groups is 1. The van der Waals surface area contributed by atoms with Crippen LogP contribution in [0.5, 0.6) is 0 Å². The Labute approximate surface area is 175 Å². The Kier molecular flexibility index (Phi) is 4.50. The van der Waals surface area contributed by atoms with Crippen molar-refractivity contribution in [1.29, 1.82) is 5.26 Å². The van der Waals surface area contributed by atoms with Crippen LogP contribution in [0.25, 0.3) is 16.4 Å². The molecule has 0 unspecified atom stereocenters. The summed E-state index contributed by atoms with van der Waals surface area (Å²) in [6.45, 7) is 4.06. The first-order valence-electron chi connectivity index (χ1n) is 10.2. The maximum absolute atomic E-state index is 13.5. The molecule has 0 saturated carbocycles. The number of ketones is 1. The predicted octanol–water partition coefficient (Wildman–Crippen LogP) is 3.95. The Morgan fingerprint density at radius 3 is 2.47 bits per heavy atom. The molecule has 0 bridgehead atoms. The van der Waals surface area contributed by atoms with E-state index in [2.05, 4.69) is 22.9 Å². The molecule has 0 aliphatic carbocycles. The van der Waals surface area contributed by atoms with Gasteiger partial charge in [-0.2, -0.15) is 5.26 Å². The van der Waals surface area contributed by atoms with Crippen LogP contribution in [-0.2, 0) is 0 Å². The zero-order valence-electron chi connectivity index (χ0n) is 16.9. The molecule has 3 heterocycles. The summed E-state index contributed by atoms with van der Waals surface area (Å²) in [5.74, 6) is -0.0665. The van der Waals surface area contributed by atoms with Gasteiger partial charge in [0.1, 0.15) is 0 Å². The maximum Gasteiger partial charge on any atom is 0.195 e. The summed E-state index contributed by atoms with van der Waals surface area (Å²) in [5, 5.41) is 10.4. The van der Waals surface area contributed by atoms with Crippen LogP contribution in [0.15, 0.2) is 66.9 Å². The number of carbonyl (C=O) groups excluding carboxylic acids is 1. The second kappa shape index (κ2) is 7.33. The molecule has 1 aliphatic rings. The fraction of sp³-hybridized carbons (Fsp3) is 0.200. The number of fused-ring (bicyclic) bond motifs is 3. The number of benzene rings is 2. The SMILES string of the molecule is CN1CCN(c2ccc(C(=O)c3cc(C#N)cc4ccc5cccn5c34)cc2)CC1. The quantitative estimate of drug-likeness (QED) is 0.494. The maximum atomic E-state index is 13.5. The standard InChI is InChI=1S/C25H22N4O/c1-27-11-13-28(14-12-27)21-7-4-19(5-8-21)25(30)23-16-18(17-26)15-20-6-9-22-3-2-10-29(22)24(20)23/h2-10,15-16H,11-14H2,1H3. The molecule has 5 rings (SSSR count). The Morgan fingerprint density at radius 2 is 1.73 bits per heavy atom. The van der Waals surface area contributed by atoms with Gasteiger partial charge in [0.05, 0.1) is 17.1 Å². The largest absolute Gasteiger partial charge is 0.369 e. The summed E-state index contributed by atoms with van der Waals surface area (Å²) < 4.78 is 2.02. The van der Waals surface area contributed by atoms with Crippen LogP contribution >= 0.6 is 0 Å². The minimum atomic E-state index is -0.0665. The first kappa shape index (κ1) is 18.4. The zero-order valence-corrected chi connectivity index (χ0v) is 16.9. The molecular formula is C25H22N4O. The number of hydrogen-bond acceptors (Lipinski definition) is 4. The lowest BCUT2D eigenvalue weighted by Gasteiger charge is -2.34. The molecule has 0 atom stereocenters. The Balaban J connectivity index is 1.56. The highest BCUT2D eigenvalue weighted by Crippen LogP contribution is 2.26. The van der Waals surface area contributed by atoms with Crippen molar-refractivity contribution in [3.63, 3.8) is 0 Å². The van der Waals surface area contributed by atoms with E-state index in [1.54, 1.807) is 6.07 Å². The number of anilines is 1. The van der Waals surface area contributed by atoms with Crippen molar-refractivity contribution < 1.29 is 4.79 Å². The van der Waals surface area contributed by atoms with Crippen LogP contribution in [0.3, 0.4) is 0 Å². The minimum Gasteiger partial charge on any atom is -0.369 e. The Bertz CT molecular complexity index is 1290. The first-order valence-corrected chi connectivity index (χ1v) is 10.2. The lowest BCUT2D eigenvalue weighted by atomic mass is 9.97. The van der Waals surface area contributed by atoms with Crippen molar-refractivity contribution in [2.45, 2.75) is 0 Å². The number of piperazine rings is 1.